The van der Waals surface area contributed by atoms with E-state index < -0.39 is 16.1 Å². The fraction of sp³-hybridized carbons (Fsp3) is 0.300. The summed E-state index contributed by atoms with van der Waals surface area (Å²) >= 11 is 0. The molecule has 0 aliphatic carbocycles. The van der Waals surface area contributed by atoms with Crippen LogP contribution >= 0.6 is 0 Å². The number of amides is 1. The highest BCUT2D eigenvalue weighted by Gasteiger charge is 2.33. The summed E-state index contributed by atoms with van der Waals surface area (Å²) in [5, 5.41) is 0. The Hall–Kier alpha value is -1.60. The van der Waals surface area contributed by atoms with Gasteiger partial charge < -0.3 is 5.73 Å². The molecular formula is C10H13N3O3S. The third-order valence-corrected chi connectivity index (χ3v) is 4.16. The van der Waals surface area contributed by atoms with Crippen molar-refractivity contribution in [3.05, 3.63) is 29.3 Å². The van der Waals surface area contributed by atoms with E-state index in [1.807, 2.05) is 11.6 Å². The molecule has 0 bridgehead atoms. The van der Waals surface area contributed by atoms with Crippen molar-refractivity contribution >= 4 is 21.8 Å². The number of nitrogens with one attached hydrogen (secondary N) is 1. The Morgan fingerprint density at radius 1 is 1.47 bits per heavy atom. The number of carbonyl (C=O) groups excluding carboxylic acids is 1. The van der Waals surface area contributed by atoms with Crippen molar-refractivity contribution in [2.45, 2.75) is 13.5 Å². The van der Waals surface area contributed by atoms with Gasteiger partial charge in [0, 0.05) is 12.2 Å². The maximum atomic E-state index is 11.5. The highest BCUT2D eigenvalue weighted by Crippen LogP contribution is 2.19. The molecule has 1 amide bonds. The molecule has 17 heavy (non-hydrogen) atoms. The van der Waals surface area contributed by atoms with E-state index in [1.54, 1.807) is 18.2 Å². The second-order valence-corrected chi connectivity index (χ2v) is 5.60. The number of rotatable bonds is 2. The fourth-order valence-corrected chi connectivity index (χ4v) is 2.77. The van der Waals surface area contributed by atoms with E-state index in [9.17, 15) is 13.2 Å². The summed E-state index contributed by atoms with van der Waals surface area (Å²) in [7, 11) is -3.67. The third kappa shape index (κ3) is 2.25. The number of nitrogen functional groups attached to an aromatic ring is 1. The fourth-order valence-electron chi connectivity index (χ4n) is 1.69. The summed E-state index contributed by atoms with van der Waals surface area (Å²) in [6.45, 7) is 1.83. The molecule has 6 nitrogen and oxygen atoms in total. The summed E-state index contributed by atoms with van der Waals surface area (Å²) in [5.74, 6) is -0.508. The maximum Gasteiger partial charge on any atom is 0.304 e. The Morgan fingerprint density at radius 3 is 2.76 bits per heavy atom. The van der Waals surface area contributed by atoms with Crippen molar-refractivity contribution in [2.24, 2.45) is 0 Å². The first-order valence-corrected chi connectivity index (χ1v) is 6.49. The first-order chi connectivity index (χ1) is 7.90. The molecule has 7 heteroatoms. The Balaban J connectivity index is 2.28. The van der Waals surface area contributed by atoms with Crippen LogP contribution in [0.25, 0.3) is 0 Å². The largest absolute Gasteiger partial charge is 0.399 e. The number of hydrogen-bond donors (Lipinski definition) is 2. The maximum absolute atomic E-state index is 11.5. The second-order valence-electron chi connectivity index (χ2n) is 3.93. The van der Waals surface area contributed by atoms with E-state index in [0.29, 0.717) is 5.69 Å². The number of anilines is 1. The summed E-state index contributed by atoms with van der Waals surface area (Å²) in [6.07, 6.45) is 0. The topological polar surface area (TPSA) is 92.5 Å². The van der Waals surface area contributed by atoms with E-state index in [4.69, 9.17) is 5.73 Å². The molecule has 1 aliphatic rings. The van der Waals surface area contributed by atoms with Gasteiger partial charge in [-0.1, -0.05) is 12.1 Å². The van der Waals surface area contributed by atoms with Crippen LogP contribution in [0.3, 0.4) is 0 Å². The van der Waals surface area contributed by atoms with Gasteiger partial charge in [-0.25, -0.2) is 4.72 Å². The average Bonchev–Trinajstić information content (AvgIpc) is 2.47. The number of nitrogens with two attached hydrogens (primary N) is 1. The molecule has 92 valence electrons. The van der Waals surface area contributed by atoms with Gasteiger partial charge in [0.1, 0.15) is 0 Å². The summed E-state index contributed by atoms with van der Waals surface area (Å²) in [4.78, 5) is 11.1. The van der Waals surface area contributed by atoms with Crippen molar-refractivity contribution in [3.63, 3.8) is 0 Å². The molecule has 3 N–H and O–H groups in total. The van der Waals surface area contributed by atoms with Gasteiger partial charge in [-0.15, -0.1) is 0 Å². The van der Waals surface area contributed by atoms with Gasteiger partial charge >= 0.3 is 10.2 Å². The number of nitrogens with zero attached hydrogens (tertiary/aromatic N) is 1. The number of hydrogen-bond acceptors (Lipinski definition) is 4. The lowest BCUT2D eigenvalue weighted by Crippen LogP contribution is -2.29. The molecule has 1 aromatic carbocycles. The molecule has 1 aliphatic heterocycles. The normalized spacial score (nSPS) is 19.2. The second kappa shape index (κ2) is 4.01. The van der Waals surface area contributed by atoms with Crippen LogP contribution in [0.15, 0.2) is 18.2 Å². The third-order valence-electron chi connectivity index (χ3n) is 2.74. The van der Waals surface area contributed by atoms with Crippen LogP contribution in [0.5, 0.6) is 0 Å². The number of benzene rings is 1. The van der Waals surface area contributed by atoms with Crippen molar-refractivity contribution in [3.8, 4) is 0 Å². The molecule has 1 heterocycles. The van der Waals surface area contributed by atoms with Gasteiger partial charge in [0.25, 0.3) is 0 Å². The van der Waals surface area contributed by atoms with E-state index >= 15 is 0 Å². The summed E-state index contributed by atoms with van der Waals surface area (Å²) in [5.41, 5.74) is 7.98. The van der Waals surface area contributed by atoms with Crippen LogP contribution in [0.4, 0.5) is 5.69 Å². The lowest BCUT2D eigenvalue weighted by Gasteiger charge is -2.14. The van der Waals surface area contributed by atoms with E-state index in [-0.39, 0.29) is 13.1 Å². The molecule has 0 spiro atoms. The minimum Gasteiger partial charge on any atom is -0.399 e. The monoisotopic (exact) mass is 255 g/mol. The van der Waals surface area contributed by atoms with Gasteiger partial charge in [-0.3, -0.25) is 4.79 Å². The van der Waals surface area contributed by atoms with Crippen LogP contribution in [-0.2, 0) is 21.5 Å². The Labute approximate surface area is 99.6 Å². The summed E-state index contributed by atoms with van der Waals surface area (Å²) in [6, 6.07) is 5.31. The van der Waals surface area contributed by atoms with Crippen LogP contribution in [0.2, 0.25) is 0 Å². The predicted molar refractivity (Wildman–Crippen MR) is 63.1 cm³/mol. The van der Waals surface area contributed by atoms with Crippen molar-refractivity contribution in [1.82, 2.24) is 9.03 Å². The molecule has 1 saturated heterocycles. The van der Waals surface area contributed by atoms with Crippen LogP contribution < -0.4 is 10.5 Å². The minimum absolute atomic E-state index is 0.142. The van der Waals surface area contributed by atoms with Gasteiger partial charge in [-0.2, -0.15) is 12.7 Å². The zero-order valence-corrected chi connectivity index (χ0v) is 10.1. The lowest BCUT2D eigenvalue weighted by atomic mass is 10.1. The average molecular weight is 255 g/mol. The first-order valence-electron chi connectivity index (χ1n) is 5.05. The van der Waals surface area contributed by atoms with Crippen molar-refractivity contribution in [2.75, 3.05) is 12.3 Å². The van der Waals surface area contributed by atoms with Crippen LogP contribution in [0.1, 0.15) is 11.1 Å². The highest BCUT2D eigenvalue weighted by molar-refractivity contribution is 7.88. The summed E-state index contributed by atoms with van der Waals surface area (Å²) < 4.78 is 26.1. The van der Waals surface area contributed by atoms with Gasteiger partial charge in [-0.05, 0) is 24.1 Å². The quantitative estimate of drug-likeness (QED) is 0.713. The molecule has 0 radical (unpaired) electrons. The van der Waals surface area contributed by atoms with E-state index in [2.05, 4.69) is 0 Å². The Morgan fingerprint density at radius 2 is 2.18 bits per heavy atom. The lowest BCUT2D eigenvalue weighted by molar-refractivity contribution is -0.118. The van der Waals surface area contributed by atoms with E-state index in [1.165, 1.54) is 0 Å². The Bertz CT molecular complexity index is 568. The standard InChI is InChI=1S/C10H13N3O3S/c1-7-8(3-2-4-9(7)11)5-13-6-10(14)12-17(13,15)16/h2-4H,5-6,11H2,1H3,(H,12,14). The van der Waals surface area contributed by atoms with Crippen molar-refractivity contribution in [1.29, 1.82) is 0 Å². The Kier molecular flexibility index (Phi) is 2.80. The molecule has 0 atom stereocenters. The van der Waals surface area contributed by atoms with Gasteiger partial charge in [0.2, 0.25) is 5.91 Å². The molecule has 0 aromatic heterocycles. The highest BCUT2D eigenvalue weighted by atomic mass is 32.2. The van der Waals surface area contributed by atoms with Gasteiger partial charge in [0.05, 0.1) is 6.54 Å². The smallest absolute Gasteiger partial charge is 0.304 e. The van der Waals surface area contributed by atoms with E-state index in [0.717, 1.165) is 15.4 Å². The molecular weight excluding hydrogens is 242 g/mol. The first kappa shape index (κ1) is 11.9. The molecule has 2 rings (SSSR count). The molecule has 1 aromatic rings. The van der Waals surface area contributed by atoms with Crippen LogP contribution in [-0.4, -0.2) is 25.2 Å². The minimum atomic E-state index is -3.67. The SMILES string of the molecule is Cc1c(N)cccc1CN1CC(=O)NS1(=O)=O. The van der Waals surface area contributed by atoms with Crippen molar-refractivity contribution < 1.29 is 13.2 Å². The predicted octanol–water partition coefficient (Wildman–Crippen LogP) is -0.246. The van der Waals surface area contributed by atoms with Gasteiger partial charge in [0.15, 0.2) is 0 Å². The zero-order chi connectivity index (χ0) is 12.6. The molecule has 0 unspecified atom stereocenters. The molecule has 1 fully saturated rings. The van der Waals surface area contributed by atoms with Crippen LogP contribution in [0, 0.1) is 6.92 Å². The molecule has 0 saturated carbocycles. The zero-order valence-electron chi connectivity index (χ0n) is 9.30. The number of carbonyl (C=O) groups is 1.